The largest absolute Gasteiger partial charge is 0.444 e. The summed E-state index contributed by atoms with van der Waals surface area (Å²) in [7, 11) is 0. The molecule has 0 saturated heterocycles. The zero-order chi connectivity index (χ0) is 24.4. The van der Waals surface area contributed by atoms with Gasteiger partial charge in [-0.15, -0.1) is 0 Å². The van der Waals surface area contributed by atoms with E-state index < -0.39 is 23.6 Å². The summed E-state index contributed by atoms with van der Waals surface area (Å²) in [6, 6.07) is 18.1. The average Bonchev–Trinajstić information content (AvgIpc) is 2.75. The van der Waals surface area contributed by atoms with Crippen LogP contribution in [0.25, 0.3) is 0 Å². The second kappa shape index (κ2) is 12.0. The molecule has 2 aromatic carbocycles. The molecule has 0 aliphatic heterocycles. The van der Waals surface area contributed by atoms with E-state index in [4.69, 9.17) is 4.74 Å². The van der Waals surface area contributed by atoms with Crippen LogP contribution in [0, 0.1) is 5.92 Å². The highest BCUT2D eigenvalue weighted by Gasteiger charge is 2.26. The lowest BCUT2D eigenvalue weighted by Gasteiger charge is -2.24. The van der Waals surface area contributed by atoms with E-state index >= 15 is 0 Å². The number of alkyl carbamates (subject to hydrolysis) is 1. The first-order valence-corrected chi connectivity index (χ1v) is 11.2. The molecular weight excluding hydrogens is 418 g/mol. The molecule has 0 spiro atoms. The van der Waals surface area contributed by atoms with Crippen molar-refractivity contribution in [2.45, 2.75) is 58.7 Å². The number of carbonyl (C=O) groups excluding carboxylic acids is 3. The number of carbonyl (C=O) groups is 3. The molecule has 7 heteroatoms. The molecular formula is C26H35N3O4. The Morgan fingerprint density at radius 2 is 1.36 bits per heavy atom. The summed E-state index contributed by atoms with van der Waals surface area (Å²) >= 11 is 0. The lowest BCUT2D eigenvalue weighted by atomic mass is 9.99. The number of nitrogens with one attached hydrogen (secondary N) is 3. The maximum Gasteiger partial charge on any atom is 0.408 e. The van der Waals surface area contributed by atoms with Crippen LogP contribution >= 0.6 is 0 Å². The number of hydrogen-bond donors (Lipinski definition) is 3. The Kier molecular flexibility index (Phi) is 9.45. The molecule has 0 aliphatic carbocycles. The highest BCUT2D eigenvalue weighted by Crippen LogP contribution is 2.21. The van der Waals surface area contributed by atoms with Crippen LogP contribution in [-0.2, 0) is 14.3 Å². The molecule has 0 aromatic heterocycles. The van der Waals surface area contributed by atoms with Crippen LogP contribution in [0.4, 0.5) is 4.79 Å². The first kappa shape index (κ1) is 25.9. The minimum absolute atomic E-state index is 0.157. The zero-order valence-corrected chi connectivity index (χ0v) is 20.1. The molecule has 0 saturated carbocycles. The summed E-state index contributed by atoms with van der Waals surface area (Å²) in [5, 5.41) is 8.25. The molecule has 0 unspecified atom stereocenters. The van der Waals surface area contributed by atoms with Crippen molar-refractivity contribution < 1.29 is 19.1 Å². The van der Waals surface area contributed by atoms with Gasteiger partial charge in [-0.3, -0.25) is 9.59 Å². The molecule has 3 N–H and O–H groups in total. The van der Waals surface area contributed by atoms with Crippen LogP contribution in [0.3, 0.4) is 0 Å². The maximum atomic E-state index is 12.7. The van der Waals surface area contributed by atoms with Gasteiger partial charge in [-0.25, -0.2) is 4.79 Å². The Morgan fingerprint density at radius 1 is 0.848 bits per heavy atom. The van der Waals surface area contributed by atoms with E-state index in [1.165, 1.54) is 0 Å². The van der Waals surface area contributed by atoms with Crippen molar-refractivity contribution in [1.82, 2.24) is 16.0 Å². The SMILES string of the molecule is CC(C)C[C@H](NC(=O)OC(C)(C)C)C(=O)NCC(=O)NC(c1ccccc1)c1ccccc1. The summed E-state index contributed by atoms with van der Waals surface area (Å²) in [5.41, 5.74) is 1.20. The summed E-state index contributed by atoms with van der Waals surface area (Å²) < 4.78 is 5.27. The Balaban J connectivity index is 2.02. The third-order valence-corrected chi connectivity index (χ3v) is 4.71. The Bertz CT molecular complexity index is 869. The topological polar surface area (TPSA) is 96.5 Å². The van der Waals surface area contributed by atoms with Crippen molar-refractivity contribution in [3.63, 3.8) is 0 Å². The fourth-order valence-electron chi connectivity index (χ4n) is 3.31. The highest BCUT2D eigenvalue weighted by molar-refractivity contribution is 5.89. The Hall–Kier alpha value is -3.35. The van der Waals surface area contributed by atoms with Crippen LogP contribution < -0.4 is 16.0 Å². The second-order valence-corrected chi connectivity index (χ2v) is 9.37. The maximum absolute atomic E-state index is 12.7. The predicted molar refractivity (Wildman–Crippen MR) is 128 cm³/mol. The lowest BCUT2D eigenvalue weighted by molar-refractivity contribution is -0.127. The van der Waals surface area contributed by atoms with Crippen molar-refractivity contribution in [2.75, 3.05) is 6.54 Å². The monoisotopic (exact) mass is 453 g/mol. The van der Waals surface area contributed by atoms with Gasteiger partial charge < -0.3 is 20.7 Å². The molecule has 178 valence electrons. The van der Waals surface area contributed by atoms with Gasteiger partial charge >= 0.3 is 6.09 Å². The third-order valence-electron chi connectivity index (χ3n) is 4.71. The van der Waals surface area contributed by atoms with E-state index in [0.29, 0.717) is 6.42 Å². The van der Waals surface area contributed by atoms with Crippen molar-refractivity contribution in [1.29, 1.82) is 0 Å². The van der Waals surface area contributed by atoms with Gasteiger partial charge in [0.15, 0.2) is 0 Å². The van der Waals surface area contributed by atoms with Crippen LogP contribution in [0.1, 0.15) is 58.2 Å². The lowest BCUT2D eigenvalue weighted by Crippen LogP contribution is -2.50. The third kappa shape index (κ3) is 9.35. The minimum Gasteiger partial charge on any atom is -0.444 e. The van der Waals surface area contributed by atoms with Gasteiger partial charge in [0.2, 0.25) is 11.8 Å². The standard InChI is InChI=1S/C26H35N3O4/c1-18(2)16-21(28-25(32)33-26(3,4)5)24(31)27-17-22(30)29-23(19-12-8-6-9-13-19)20-14-10-7-11-15-20/h6-15,18,21,23H,16-17H2,1-5H3,(H,27,31)(H,28,32)(H,29,30)/t21-/m0/s1. The predicted octanol–water partition coefficient (Wildman–Crippen LogP) is 3.95. The first-order chi connectivity index (χ1) is 15.5. The average molecular weight is 454 g/mol. The summed E-state index contributed by atoms with van der Waals surface area (Å²) in [6.07, 6.45) is -0.246. The van der Waals surface area contributed by atoms with Gasteiger partial charge in [-0.05, 0) is 44.2 Å². The van der Waals surface area contributed by atoms with E-state index in [2.05, 4.69) is 16.0 Å². The Labute approximate surface area is 196 Å². The number of rotatable bonds is 9. The van der Waals surface area contributed by atoms with Gasteiger partial charge in [0.1, 0.15) is 11.6 Å². The molecule has 0 aliphatic rings. The van der Waals surface area contributed by atoms with Crippen molar-refractivity contribution in [3.05, 3.63) is 71.8 Å². The Morgan fingerprint density at radius 3 is 1.82 bits per heavy atom. The van der Waals surface area contributed by atoms with Crippen molar-refractivity contribution in [2.24, 2.45) is 5.92 Å². The highest BCUT2D eigenvalue weighted by atomic mass is 16.6. The normalized spacial score (nSPS) is 12.2. The molecule has 0 fully saturated rings. The first-order valence-electron chi connectivity index (χ1n) is 11.2. The molecule has 7 nitrogen and oxygen atoms in total. The van der Waals surface area contributed by atoms with E-state index in [9.17, 15) is 14.4 Å². The van der Waals surface area contributed by atoms with Gasteiger partial charge in [0, 0.05) is 0 Å². The molecule has 2 rings (SSSR count). The number of hydrogen-bond acceptors (Lipinski definition) is 4. The summed E-state index contributed by atoms with van der Waals surface area (Å²) in [4.78, 5) is 37.6. The van der Waals surface area contributed by atoms with Crippen LogP contribution in [0.5, 0.6) is 0 Å². The fraction of sp³-hybridized carbons (Fsp3) is 0.423. The van der Waals surface area contributed by atoms with Gasteiger partial charge in [-0.2, -0.15) is 0 Å². The summed E-state index contributed by atoms with van der Waals surface area (Å²) in [6.45, 7) is 8.96. The van der Waals surface area contributed by atoms with Crippen LogP contribution in [0.2, 0.25) is 0 Å². The molecule has 1 atom stereocenters. The van der Waals surface area contributed by atoms with Crippen LogP contribution in [-0.4, -0.2) is 36.1 Å². The minimum atomic E-state index is -0.799. The smallest absolute Gasteiger partial charge is 0.408 e. The molecule has 2 aromatic rings. The number of ether oxygens (including phenoxy) is 1. The molecule has 3 amide bonds. The van der Waals surface area contributed by atoms with E-state index in [1.807, 2.05) is 74.5 Å². The van der Waals surface area contributed by atoms with E-state index in [0.717, 1.165) is 11.1 Å². The van der Waals surface area contributed by atoms with Gasteiger partial charge in [0.25, 0.3) is 0 Å². The van der Waals surface area contributed by atoms with Crippen molar-refractivity contribution in [3.8, 4) is 0 Å². The second-order valence-electron chi connectivity index (χ2n) is 9.37. The molecule has 0 radical (unpaired) electrons. The number of amides is 3. The number of benzene rings is 2. The van der Waals surface area contributed by atoms with Crippen LogP contribution in [0.15, 0.2) is 60.7 Å². The molecule has 0 heterocycles. The quantitative estimate of drug-likeness (QED) is 0.536. The molecule has 33 heavy (non-hydrogen) atoms. The van der Waals surface area contributed by atoms with E-state index in [1.54, 1.807) is 20.8 Å². The van der Waals surface area contributed by atoms with Crippen molar-refractivity contribution >= 4 is 17.9 Å². The van der Waals surface area contributed by atoms with Gasteiger partial charge in [0.05, 0.1) is 12.6 Å². The fourth-order valence-corrected chi connectivity index (χ4v) is 3.31. The zero-order valence-electron chi connectivity index (χ0n) is 20.1. The van der Waals surface area contributed by atoms with E-state index in [-0.39, 0.29) is 24.4 Å². The summed E-state index contributed by atoms with van der Waals surface area (Å²) in [5.74, 6) is -0.604. The molecule has 0 bridgehead atoms. The van der Waals surface area contributed by atoms with Gasteiger partial charge in [-0.1, -0.05) is 74.5 Å².